The van der Waals surface area contributed by atoms with Crippen molar-refractivity contribution in [1.29, 1.82) is 0 Å². The van der Waals surface area contributed by atoms with Gasteiger partial charge in [0.05, 0.1) is 18.1 Å². The van der Waals surface area contributed by atoms with Gasteiger partial charge in [-0.05, 0) is 36.2 Å². The molecule has 0 unspecified atom stereocenters. The topological polar surface area (TPSA) is 74.3 Å². The number of nitrogens with zero attached hydrogens (tertiary/aromatic N) is 2. The summed E-state index contributed by atoms with van der Waals surface area (Å²) in [6.07, 6.45) is 1.74. The standard InChI is InChI=1S/C20H25N5O.HI/c1-21-20(22-13-11-15-7-9-16(26-2)10-8-15)23-14-12-19-24-17-5-3-4-6-18(17)25-19;/h3-10H,11-14H2,1-2H3,(H,24,25)(H2,21,22,23);1H. The van der Waals surface area contributed by atoms with Crippen LogP contribution < -0.4 is 15.4 Å². The fraction of sp³-hybridized carbons (Fsp3) is 0.300. The highest BCUT2D eigenvalue weighted by molar-refractivity contribution is 14.0. The Labute approximate surface area is 176 Å². The molecular weight excluding hydrogens is 453 g/mol. The Bertz CT molecular complexity index is 827. The summed E-state index contributed by atoms with van der Waals surface area (Å²) in [5.74, 6) is 2.66. The average Bonchev–Trinajstić information content (AvgIpc) is 3.10. The Morgan fingerprint density at radius 2 is 1.74 bits per heavy atom. The second-order valence-electron chi connectivity index (χ2n) is 5.97. The van der Waals surface area contributed by atoms with Crippen LogP contribution in [-0.4, -0.2) is 43.2 Å². The van der Waals surface area contributed by atoms with Crippen LogP contribution in [0, 0.1) is 0 Å². The minimum atomic E-state index is 0. The molecule has 6 nitrogen and oxygen atoms in total. The van der Waals surface area contributed by atoms with E-state index in [0.717, 1.165) is 54.5 Å². The maximum absolute atomic E-state index is 5.18. The van der Waals surface area contributed by atoms with E-state index in [9.17, 15) is 0 Å². The molecule has 0 bridgehead atoms. The summed E-state index contributed by atoms with van der Waals surface area (Å²) in [5, 5.41) is 6.66. The Hall–Kier alpha value is -2.29. The number of guanidine groups is 1. The van der Waals surface area contributed by atoms with Crippen molar-refractivity contribution in [1.82, 2.24) is 20.6 Å². The third kappa shape index (κ3) is 6.13. The summed E-state index contributed by atoms with van der Waals surface area (Å²) in [5.41, 5.74) is 3.34. The van der Waals surface area contributed by atoms with E-state index in [0.29, 0.717) is 0 Å². The molecule has 3 N–H and O–H groups in total. The first-order valence-electron chi connectivity index (χ1n) is 8.79. The average molecular weight is 479 g/mol. The van der Waals surface area contributed by atoms with E-state index >= 15 is 0 Å². The first kappa shape index (κ1) is 21.0. The quantitative estimate of drug-likeness (QED) is 0.277. The van der Waals surface area contributed by atoms with Crippen molar-refractivity contribution in [3.8, 4) is 5.75 Å². The number of para-hydroxylation sites is 2. The van der Waals surface area contributed by atoms with Crippen molar-refractivity contribution in [2.75, 3.05) is 27.2 Å². The molecule has 1 aromatic heterocycles. The van der Waals surface area contributed by atoms with Gasteiger partial charge in [0.25, 0.3) is 0 Å². The van der Waals surface area contributed by atoms with Gasteiger partial charge in [0, 0.05) is 26.6 Å². The van der Waals surface area contributed by atoms with Gasteiger partial charge < -0.3 is 20.4 Å². The molecule has 0 aliphatic rings. The molecule has 0 radical (unpaired) electrons. The van der Waals surface area contributed by atoms with E-state index in [1.54, 1.807) is 14.2 Å². The van der Waals surface area contributed by atoms with E-state index in [1.165, 1.54) is 5.56 Å². The lowest BCUT2D eigenvalue weighted by Crippen LogP contribution is -2.39. The minimum absolute atomic E-state index is 0. The SMILES string of the molecule is CN=C(NCCc1ccc(OC)cc1)NCCc1nc2ccccc2[nH]1.I. The zero-order chi connectivity index (χ0) is 18.2. The Morgan fingerprint density at radius 3 is 2.41 bits per heavy atom. The summed E-state index contributed by atoms with van der Waals surface area (Å²) in [6.45, 7) is 1.58. The van der Waals surface area contributed by atoms with Crippen LogP contribution in [0.3, 0.4) is 0 Å². The summed E-state index contributed by atoms with van der Waals surface area (Å²) >= 11 is 0. The Kier molecular flexibility index (Phi) is 8.38. The van der Waals surface area contributed by atoms with Crippen LogP contribution in [0.15, 0.2) is 53.5 Å². The number of ether oxygens (including phenoxy) is 1. The van der Waals surface area contributed by atoms with Gasteiger partial charge in [0.2, 0.25) is 0 Å². The van der Waals surface area contributed by atoms with Crippen molar-refractivity contribution < 1.29 is 4.74 Å². The molecule has 0 aliphatic carbocycles. The maximum atomic E-state index is 5.18. The summed E-state index contributed by atoms with van der Waals surface area (Å²) < 4.78 is 5.18. The number of benzene rings is 2. The van der Waals surface area contributed by atoms with Crippen LogP contribution >= 0.6 is 24.0 Å². The van der Waals surface area contributed by atoms with Crippen LogP contribution in [0.25, 0.3) is 11.0 Å². The predicted molar refractivity (Wildman–Crippen MR) is 121 cm³/mol. The Balaban J connectivity index is 0.00000261. The first-order chi connectivity index (χ1) is 12.8. The van der Waals surface area contributed by atoms with E-state index in [2.05, 4.69) is 37.7 Å². The van der Waals surface area contributed by atoms with E-state index in [-0.39, 0.29) is 24.0 Å². The number of halogens is 1. The first-order valence-corrected chi connectivity index (χ1v) is 8.79. The highest BCUT2D eigenvalue weighted by Crippen LogP contribution is 2.11. The number of imidazole rings is 1. The molecule has 0 amide bonds. The van der Waals surface area contributed by atoms with Crippen LogP contribution in [0.5, 0.6) is 5.75 Å². The highest BCUT2D eigenvalue weighted by Gasteiger charge is 2.03. The zero-order valence-corrected chi connectivity index (χ0v) is 18.0. The number of aliphatic imine (C=N–C) groups is 1. The third-order valence-corrected chi connectivity index (χ3v) is 4.18. The molecule has 1 heterocycles. The van der Waals surface area contributed by atoms with E-state index < -0.39 is 0 Å². The van der Waals surface area contributed by atoms with Gasteiger partial charge in [0.15, 0.2) is 5.96 Å². The van der Waals surface area contributed by atoms with Crippen molar-refractivity contribution in [3.63, 3.8) is 0 Å². The number of hydrogen-bond donors (Lipinski definition) is 3. The number of methoxy groups -OCH3 is 1. The Morgan fingerprint density at radius 1 is 1.04 bits per heavy atom. The third-order valence-electron chi connectivity index (χ3n) is 4.18. The van der Waals surface area contributed by atoms with Crippen molar-refractivity contribution in [3.05, 3.63) is 59.9 Å². The molecule has 0 saturated carbocycles. The molecule has 27 heavy (non-hydrogen) atoms. The fourth-order valence-corrected chi connectivity index (χ4v) is 2.76. The highest BCUT2D eigenvalue weighted by atomic mass is 127. The molecule has 0 fully saturated rings. The minimum Gasteiger partial charge on any atom is -0.497 e. The molecule has 0 atom stereocenters. The number of rotatable bonds is 7. The normalized spacial score (nSPS) is 11.1. The smallest absolute Gasteiger partial charge is 0.191 e. The molecule has 7 heteroatoms. The summed E-state index contributed by atoms with van der Waals surface area (Å²) in [7, 11) is 3.46. The lowest BCUT2D eigenvalue weighted by Gasteiger charge is -2.11. The second kappa shape index (κ2) is 10.8. The lowest BCUT2D eigenvalue weighted by molar-refractivity contribution is 0.414. The van der Waals surface area contributed by atoms with Gasteiger partial charge in [-0.25, -0.2) is 4.98 Å². The van der Waals surface area contributed by atoms with Crippen LogP contribution in [0.4, 0.5) is 0 Å². The largest absolute Gasteiger partial charge is 0.497 e. The summed E-state index contributed by atoms with van der Waals surface area (Å²) in [4.78, 5) is 12.2. The number of H-pyrrole nitrogens is 1. The molecule has 0 spiro atoms. The van der Waals surface area contributed by atoms with Gasteiger partial charge in [-0.2, -0.15) is 0 Å². The van der Waals surface area contributed by atoms with Crippen LogP contribution in [0.2, 0.25) is 0 Å². The van der Waals surface area contributed by atoms with Crippen molar-refractivity contribution in [2.24, 2.45) is 4.99 Å². The van der Waals surface area contributed by atoms with Gasteiger partial charge in [-0.3, -0.25) is 4.99 Å². The number of fused-ring (bicyclic) bond motifs is 1. The molecular formula is C20H26IN5O. The predicted octanol–water partition coefficient (Wildman–Crippen LogP) is 3.14. The molecule has 144 valence electrons. The van der Waals surface area contributed by atoms with Gasteiger partial charge in [-0.1, -0.05) is 24.3 Å². The molecule has 2 aromatic carbocycles. The zero-order valence-electron chi connectivity index (χ0n) is 15.7. The molecule has 3 rings (SSSR count). The van der Waals surface area contributed by atoms with Crippen LogP contribution in [0.1, 0.15) is 11.4 Å². The monoisotopic (exact) mass is 479 g/mol. The van der Waals surface area contributed by atoms with Gasteiger partial charge >= 0.3 is 0 Å². The van der Waals surface area contributed by atoms with E-state index in [4.69, 9.17) is 4.74 Å². The van der Waals surface area contributed by atoms with E-state index in [1.807, 2.05) is 36.4 Å². The molecule has 3 aromatic rings. The van der Waals surface area contributed by atoms with Crippen molar-refractivity contribution in [2.45, 2.75) is 12.8 Å². The number of aromatic amines is 1. The van der Waals surface area contributed by atoms with Gasteiger partial charge in [-0.15, -0.1) is 24.0 Å². The molecule has 0 saturated heterocycles. The van der Waals surface area contributed by atoms with Crippen molar-refractivity contribution >= 4 is 41.0 Å². The maximum Gasteiger partial charge on any atom is 0.191 e. The fourth-order valence-electron chi connectivity index (χ4n) is 2.76. The lowest BCUT2D eigenvalue weighted by atomic mass is 10.1. The summed E-state index contributed by atoms with van der Waals surface area (Å²) in [6, 6.07) is 16.2. The number of aromatic nitrogens is 2. The number of nitrogens with one attached hydrogen (secondary N) is 3. The molecule has 0 aliphatic heterocycles. The van der Waals surface area contributed by atoms with Gasteiger partial charge in [0.1, 0.15) is 11.6 Å². The second-order valence-corrected chi connectivity index (χ2v) is 5.97. The number of hydrogen-bond acceptors (Lipinski definition) is 3. The van der Waals surface area contributed by atoms with Crippen LogP contribution in [-0.2, 0) is 12.8 Å².